The molecule has 0 radical (unpaired) electrons. The van der Waals surface area contributed by atoms with E-state index in [2.05, 4.69) is 20.6 Å². The maximum absolute atomic E-state index is 13.1. The zero-order chi connectivity index (χ0) is 23.8. The van der Waals surface area contributed by atoms with Crippen molar-refractivity contribution in [2.75, 3.05) is 34.4 Å². The summed E-state index contributed by atoms with van der Waals surface area (Å²) in [6.45, 7) is 0.387. The fraction of sp³-hybridized carbons (Fsp3) is 0.261. The first-order valence-electron chi connectivity index (χ1n) is 10.8. The highest BCUT2D eigenvalue weighted by Gasteiger charge is 2.39. The molecule has 1 unspecified atom stereocenters. The Kier molecular flexibility index (Phi) is 5.56. The predicted molar refractivity (Wildman–Crippen MR) is 124 cm³/mol. The van der Waals surface area contributed by atoms with E-state index in [-0.39, 0.29) is 19.1 Å². The van der Waals surface area contributed by atoms with E-state index in [9.17, 15) is 19.5 Å². The summed E-state index contributed by atoms with van der Waals surface area (Å²) in [6.07, 6.45) is -0.749. The fourth-order valence-corrected chi connectivity index (χ4v) is 4.13. The van der Waals surface area contributed by atoms with Crippen molar-refractivity contribution in [1.82, 2.24) is 9.97 Å². The van der Waals surface area contributed by atoms with Gasteiger partial charge >= 0.3 is 0 Å². The molecule has 1 saturated heterocycles. The third-order valence-corrected chi connectivity index (χ3v) is 5.91. The number of ether oxygens (including phenoxy) is 1. The smallest absolute Gasteiger partial charge is 0.259 e. The molecule has 2 aliphatic heterocycles. The number of fused-ring (bicyclic) bond motifs is 2. The number of carbonyl (C=O) groups is 3. The van der Waals surface area contributed by atoms with Crippen LogP contribution in [0.1, 0.15) is 12.0 Å². The normalized spacial score (nSPS) is 18.9. The van der Waals surface area contributed by atoms with Crippen molar-refractivity contribution in [2.24, 2.45) is 0 Å². The van der Waals surface area contributed by atoms with Gasteiger partial charge in [0.25, 0.3) is 11.8 Å². The van der Waals surface area contributed by atoms with Crippen LogP contribution in [-0.4, -0.2) is 58.2 Å². The molecule has 0 aliphatic carbocycles. The zero-order valence-electron chi connectivity index (χ0n) is 18.0. The summed E-state index contributed by atoms with van der Waals surface area (Å²) in [5.41, 5.74) is 8.91. The standard InChI is InChI=1S/C23H22N6O5/c24-21-15-5-3-13(9-17(15)25-11-26-21)27-22(32)19(31)20-23(33)29(7-8-34-20)14-4-1-12-2-6-18(30)28-16(12)10-14/h1,3-5,9-11,19-20,31H,2,6-8H2,(H,27,32)(H,28,30)(H2,24,25,26)/t19-,20?/m1/s1. The van der Waals surface area contributed by atoms with Crippen molar-refractivity contribution >= 4 is 51.5 Å². The number of nitrogen functional groups attached to an aromatic ring is 1. The van der Waals surface area contributed by atoms with Crippen LogP contribution in [0.3, 0.4) is 0 Å². The molecule has 0 spiro atoms. The van der Waals surface area contributed by atoms with Gasteiger partial charge in [-0.25, -0.2) is 9.97 Å². The monoisotopic (exact) mass is 462 g/mol. The molecule has 34 heavy (non-hydrogen) atoms. The molecule has 2 aromatic carbocycles. The average molecular weight is 462 g/mol. The lowest BCUT2D eigenvalue weighted by Gasteiger charge is -2.34. The fourth-order valence-electron chi connectivity index (χ4n) is 4.13. The van der Waals surface area contributed by atoms with Gasteiger partial charge in [0.1, 0.15) is 12.1 Å². The maximum Gasteiger partial charge on any atom is 0.259 e. The van der Waals surface area contributed by atoms with Gasteiger partial charge in [0.2, 0.25) is 5.91 Å². The number of amides is 3. The highest BCUT2D eigenvalue weighted by atomic mass is 16.5. The second-order valence-corrected chi connectivity index (χ2v) is 8.10. The highest BCUT2D eigenvalue weighted by molar-refractivity contribution is 6.05. The number of hydrogen-bond donors (Lipinski definition) is 4. The van der Waals surface area contributed by atoms with Gasteiger partial charge in [-0.05, 0) is 42.3 Å². The van der Waals surface area contributed by atoms with Crippen LogP contribution in [0.5, 0.6) is 0 Å². The Labute approximate surface area is 193 Å². The van der Waals surface area contributed by atoms with Gasteiger partial charge < -0.3 is 31.1 Å². The van der Waals surface area contributed by atoms with Gasteiger partial charge in [-0.15, -0.1) is 0 Å². The Morgan fingerprint density at radius 1 is 1.21 bits per heavy atom. The molecular formula is C23H22N6O5. The van der Waals surface area contributed by atoms with Crippen LogP contribution in [0.2, 0.25) is 0 Å². The SMILES string of the molecule is Nc1ncnc2cc(NC(=O)[C@H](O)C3OCCN(c4ccc5c(c4)NC(=O)CC5)C3=O)ccc12. The van der Waals surface area contributed by atoms with Crippen molar-refractivity contribution in [2.45, 2.75) is 25.0 Å². The summed E-state index contributed by atoms with van der Waals surface area (Å²) in [5, 5.41) is 16.7. The lowest BCUT2D eigenvalue weighted by atomic mass is 10.0. The van der Waals surface area contributed by atoms with Crippen molar-refractivity contribution < 1.29 is 24.2 Å². The molecule has 5 rings (SSSR count). The van der Waals surface area contributed by atoms with Crippen LogP contribution in [0.25, 0.3) is 10.9 Å². The maximum atomic E-state index is 13.1. The summed E-state index contributed by atoms with van der Waals surface area (Å²) >= 11 is 0. The number of hydrogen-bond acceptors (Lipinski definition) is 8. The lowest BCUT2D eigenvalue weighted by Crippen LogP contribution is -2.55. The van der Waals surface area contributed by atoms with Gasteiger partial charge in [0.15, 0.2) is 12.2 Å². The molecule has 0 bridgehead atoms. The van der Waals surface area contributed by atoms with Gasteiger partial charge in [-0.3, -0.25) is 14.4 Å². The molecule has 2 atom stereocenters. The summed E-state index contributed by atoms with van der Waals surface area (Å²) in [5.74, 6) is -1.11. The summed E-state index contributed by atoms with van der Waals surface area (Å²) in [7, 11) is 0. The van der Waals surface area contributed by atoms with Crippen molar-refractivity contribution in [1.29, 1.82) is 0 Å². The van der Waals surface area contributed by atoms with Gasteiger partial charge in [-0.2, -0.15) is 0 Å². The average Bonchev–Trinajstić information content (AvgIpc) is 2.83. The number of nitrogens with two attached hydrogens (primary N) is 1. The number of benzene rings is 2. The van der Waals surface area contributed by atoms with Crippen LogP contribution >= 0.6 is 0 Å². The van der Waals surface area contributed by atoms with E-state index in [0.717, 1.165) is 5.56 Å². The molecule has 11 nitrogen and oxygen atoms in total. The van der Waals surface area contributed by atoms with Crippen LogP contribution in [-0.2, 0) is 25.5 Å². The number of rotatable bonds is 4. The number of carbonyl (C=O) groups excluding carboxylic acids is 3. The molecule has 1 aromatic heterocycles. The minimum atomic E-state index is -1.74. The molecule has 2 aliphatic rings. The Balaban J connectivity index is 1.31. The van der Waals surface area contributed by atoms with Crippen LogP contribution in [0.15, 0.2) is 42.7 Å². The number of nitrogens with zero attached hydrogens (tertiary/aromatic N) is 3. The highest BCUT2D eigenvalue weighted by Crippen LogP contribution is 2.30. The number of nitrogens with one attached hydrogen (secondary N) is 2. The molecule has 11 heteroatoms. The van der Waals surface area contributed by atoms with Crippen molar-refractivity contribution in [3.63, 3.8) is 0 Å². The quantitative estimate of drug-likeness (QED) is 0.443. The summed E-state index contributed by atoms with van der Waals surface area (Å²) in [4.78, 5) is 47.0. The predicted octanol–water partition coefficient (Wildman–Crippen LogP) is 0.828. The largest absolute Gasteiger partial charge is 0.383 e. The molecular weight excluding hydrogens is 440 g/mol. The number of aliphatic hydroxyl groups is 1. The topological polar surface area (TPSA) is 160 Å². The third kappa shape index (κ3) is 4.02. The Morgan fingerprint density at radius 3 is 2.91 bits per heavy atom. The molecule has 174 valence electrons. The Hall–Kier alpha value is -4.09. The van der Waals surface area contributed by atoms with E-state index in [4.69, 9.17) is 10.5 Å². The van der Waals surface area contributed by atoms with Crippen LogP contribution in [0.4, 0.5) is 22.9 Å². The number of anilines is 4. The van der Waals surface area contributed by atoms with Crippen molar-refractivity contribution in [3.05, 3.63) is 48.3 Å². The first kappa shape index (κ1) is 21.7. The van der Waals surface area contributed by atoms with Gasteiger partial charge in [-0.1, -0.05) is 6.07 Å². The molecule has 5 N–H and O–H groups in total. The zero-order valence-corrected chi connectivity index (χ0v) is 18.0. The van der Waals surface area contributed by atoms with E-state index >= 15 is 0 Å². The Bertz CT molecular complexity index is 1310. The van der Waals surface area contributed by atoms with E-state index in [0.29, 0.717) is 46.6 Å². The lowest BCUT2D eigenvalue weighted by molar-refractivity contribution is -0.150. The second-order valence-electron chi connectivity index (χ2n) is 8.10. The molecule has 0 saturated carbocycles. The summed E-state index contributed by atoms with van der Waals surface area (Å²) in [6, 6.07) is 10.2. The molecule has 3 heterocycles. The number of morpholine rings is 1. The number of aliphatic hydroxyl groups excluding tert-OH is 1. The first-order chi connectivity index (χ1) is 16.4. The molecule has 3 aromatic rings. The number of aromatic nitrogens is 2. The Morgan fingerprint density at radius 2 is 2.06 bits per heavy atom. The van der Waals surface area contributed by atoms with E-state index in [1.54, 1.807) is 30.3 Å². The number of aryl methyl sites for hydroxylation is 1. The van der Waals surface area contributed by atoms with Crippen LogP contribution < -0.4 is 21.3 Å². The van der Waals surface area contributed by atoms with Gasteiger partial charge in [0, 0.05) is 35.4 Å². The molecule has 1 fully saturated rings. The second kappa shape index (κ2) is 8.69. The first-order valence-corrected chi connectivity index (χ1v) is 10.8. The van der Waals surface area contributed by atoms with E-state index < -0.39 is 24.0 Å². The summed E-state index contributed by atoms with van der Waals surface area (Å²) < 4.78 is 5.47. The minimum Gasteiger partial charge on any atom is -0.383 e. The van der Waals surface area contributed by atoms with Gasteiger partial charge in [0.05, 0.1) is 12.1 Å². The van der Waals surface area contributed by atoms with Crippen molar-refractivity contribution in [3.8, 4) is 0 Å². The van der Waals surface area contributed by atoms with E-state index in [1.165, 1.54) is 11.2 Å². The van der Waals surface area contributed by atoms with E-state index in [1.807, 2.05) is 6.07 Å². The molecule has 3 amide bonds. The minimum absolute atomic E-state index is 0.0780. The van der Waals surface area contributed by atoms with Crippen LogP contribution in [0, 0.1) is 0 Å². The third-order valence-electron chi connectivity index (χ3n) is 5.91.